The fourth-order valence-electron chi connectivity index (χ4n) is 3.69. The van der Waals surface area contributed by atoms with Crippen molar-refractivity contribution in [1.29, 1.82) is 0 Å². The Kier molecular flexibility index (Phi) is 5.79. The average Bonchev–Trinajstić information content (AvgIpc) is 3.06. The van der Waals surface area contributed by atoms with E-state index in [1.165, 1.54) is 0 Å². The second kappa shape index (κ2) is 8.50. The maximum Gasteiger partial charge on any atom is 0.289 e. The van der Waals surface area contributed by atoms with Crippen molar-refractivity contribution in [2.45, 2.75) is 13.8 Å². The van der Waals surface area contributed by atoms with Gasteiger partial charge in [0.05, 0.1) is 6.54 Å². The normalized spacial score (nSPS) is 14.8. The number of aryl methyl sites for hydroxylation is 2. The van der Waals surface area contributed by atoms with Crippen molar-refractivity contribution >= 4 is 40.1 Å². The van der Waals surface area contributed by atoms with E-state index in [2.05, 4.69) is 10.2 Å². The minimum atomic E-state index is -0.122. The van der Waals surface area contributed by atoms with E-state index in [1.54, 1.807) is 17.0 Å². The van der Waals surface area contributed by atoms with Crippen LogP contribution in [0.4, 0.5) is 5.69 Å². The van der Waals surface area contributed by atoms with Gasteiger partial charge in [0.1, 0.15) is 5.58 Å². The van der Waals surface area contributed by atoms with Gasteiger partial charge in [-0.2, -0.15) is 0 Å². The molecule has 0 saturated carbocycles. The number of hydrogen-bond donors (Lipinski definition) is 1. The van der Waals surface area contributed by atoms with E-state index >= 15 is 0 Å². The Bertz CT molecular complexity index is 1080. The van der Waals surface area contributed by atoms with E-state index in [1.807, 2.05) is 44.2 Å². The maximum atomic E-state index is 13.0. The Morgan fingerprint density at radius 1 is 1.03 bits per heavy atom. The van der Waals surface area contributed by atoms with Crippen molar-refractivity contribution in [2.75, 3.05) is 38.0 Å². The van der Waals surface area contributed by atoms with Crippen LogP contribution in [-0.4, -0.2) is 54.3 Å². The third-order valence-corrected chi connectivity index (χ3v) is 5.69. The lowest BCUT2D eigenvalue weighted by atomic mass is 10.1. The Hall–Kier alpha value is -2.83. The van der Waals surface area contributed by atoms with Crippen molar-refractivity contribution in [3.05, 3.63) is 64.4 Å². The highest BCUT2D eigenvalue weighted by Gasteiger charge is 2.27. The number of carbonyl (C=O) groups excluding carboxylic acids is 2. The van der Waals surface area contributed by atoms with Crippen molar-refractivity contribution in [3.63, 3.8) is 0 Å². The van der Waals surface area contributed by atoms with Gasteiger partial charge in [-0.15, -0.1) is 0 Å². The molecule has 0 unspecified atom stereocenters. The lowest BCUT2D eigenvalue weighted by Crippen LogP contribution is -2.50. The number of nitrogens with one attached hydrogen (secondary N) is 1. The summed E-state index contributed by atoms with van der Waals surface area (Å²) in [6, 6.07) is 13.1. The highest BCUT2D eigenvalue weighted by Crippen LogP contribution is 2.29. The van der Waals surface area contributed by atoms with Gasteiger partial charge in [0, 0.05) is 47.8 Å². The standard InChI is InChI=1S/C23H24ClN3O3/c1-15-3-6-18(7-4-15)25-21(28)14-26-9-11-27(12-10-26)23(29)22-16(2)19-13-17(24)5-8-20(19)30-22/h3-8,13H,9-12,14H2,1-2H3,(H,25,28). The summed E-state index contributed by atoms with van der Waals surface area (Å²) in [6.07, 6.45) is 0. The van der Waals surface area contributed by atoms with Crippen molar-refractivity contribution < 1.29 is 14.0 Å². The van der Waals surface area contributed by atoms with Crippen LogP contribution in [0.1, 0.15) is 21.7 Å². The summed E-state index contributed by atoms with van der Waals surface area (Å²) in [5.41, 5.74) is 3.40. The molecule has 156 valence electrons. The number of anilines is 1. The molecule has 3 aromatic rings. The first-order valence-corrected chi connectivity index (χ1v) is 10.4. The van der Waals surface area contributed by atoms with Crippen LogP contribution in [0.5, 0.6) is 0 Å². The topological polar surface area (TPSA) is 65.8 Å². The number of rotatable bonds is 4. The number of fused-ring (bicyclic) bond motifs is 1. The predicted octanol–water partition coefficient (Wildman–Crippen LogP) is 4.10. The molecule has 4 rings (SSSR count). The van der Waals surface area contributed by atoms with E-state index < -0.39 is 0 Å². The third kappa shape index (κ3) is 4.35. The van der Waals surface area contributed by atoms with Crippen molar-refractivity contribution in [1.82, 2.24) is 9.80 Å². The molecule has 7 heteroatoms. The highest BCUT2D eigenvalue weighted by molar-refractivity contribution is 6.31. The number of carbonyl (C=O) groups is 2. The molecule has 30 heavy (non-hydrogen) atoms. The fourth-order valence-corrected chi connectivity index (χ4v) is 3.86. The molecule has 1 aliphatic heterocycles. The summed E-state index contributed by atoms with van der Waals surface area (Å²) in [4.78, 5) is 29.1. The molecule has 0 atom stereocenters. The second-order valence-corrected chi connectivity index (χ2v) is 8.12. The number of nitrogens with zero attached hydrogens (tertiary/aromatic N) is 2. The van der Waals surface area contributed by atoms with Crippen LogP contribution < -0.4 is 5.32 Å². The Morgan fingerprint density at radius 2 is 1.73 bits per heavy atom. The summed E-state index contributed by atoms with van der Waals surface area (Å²) in [7, 11) is 0. The monoisotopic (exact) mass is 425 g/mol. The molecule has 0 spiro atoms. The lowest BCUT2D eigenvalue weighted by Gasteiger charge is -2.33. The number of piperazine rings is 1. The number of furan rings is 1. The highest BCUT2D eigenvalue weighted by atomic mass is 35.5. The quantitative estimate of drug-likeness (QED) is 0.683. The van der Waals surface area contributed by atoms with Gasteiger partial charge in [0.15, 0.2) is 5.76 Å². The van der Waals surface area contributed by atoms with Crippen molar-refractivity contribution in [3.8, 4) is 0 Å². The van der Waals surface area contributed by atoms with Gasteiger partial charge in [-0.25, -0.2) is 0 Å². The summed E-state index contributed by atoms with van der Waals surface area (Å²) >= 11 is 6.07. The summed E-state index contributed by atoms with van der Waals surface area (Å²) in [5, 5.41) is 4.39. The van der Waals surface area contributed by atoms with E-state index in [4.69, 9.17) is 16.0 Å². The summed E-state index contributed by atoms with van der Waals surface area (Å²) in [6.45, 7) is 6.56. The third-order valence-electron chi connectivity index (χ3n) is 5.45. The zero-order valence-electron chi connectivity index (χ0n) is 17.1. The fraction of sp³-hybridized carbons (Fsp3) is 0.304. The van der Waals surface area contributed by atoms with Gasteiger partial charge in [0.25, 0.3) is 5.91 Å². The van der Waals surface area contributed by atoms with Gasteiger partial charge < -0.3 is 14.6 Å². The number of amides is 2. The van der Waals surface area contributed by atoms with Gasteiger partial charge in [0.2, 0.25) is 5.91 Å². The molecule has 0 aliphatic carbocycles. The van der Waals surface area contributed by atoms with Gasteiger partial charge in [-0.3, -0.25) is 14.5 Å². The molecule has 1 aliphatic rings. The molecule has 2 amide bonds. The van der Waals surface area contributed by atoms with E-state index in [-0.39, 0.29) is 11.8 Å². The van der Waals surface area contributed by atoms with E-state index in [0.29, 0.717) is 49.1 Å². The smallest absolute Gasteiger partial charge is 0.289 e. The Balaban J connectivity index is 1.34. The Labute approximate surface area is 180 Å². The lowest BCUT2D eigenvalue weighted by molar-refractivity contribution is -0.117. The molecule has 1 aromatic heterocycles. The Morgan fingerprint density at radius 3 is 2.43 bits per heavy atom. The van der Waals surface area contributed by atoms with Gasteiger partial charge in [-0.05, 0) is 44.2 Å². The molecule has 6 nitrogen and oxygen atoms in total. The first-order valence-electron chi connectivity index (χ1n) is 9.97. The first kappa shape index (κ1) is 20.4. The number of halogens is 1. The largest absolute Gasteiger partial charge is 0.451 e. The number of benzene rings is 2. The molecule has 0 bridgehead atoms. The molecule has 1 fully saturated rings. The minimum Gasteiger partial charge on any atom is -0.451 e. The van der Waals surface area contributed by atoms with Crippen LogP contribution in [-0.2, 0) is 4.79 Å². The SMILES string of the molecule is Cc1ccc(NC(=O)CN2CCN(C(=O)c3oc4ccc(Cl)cc4c3C)CC2)cc1. The molecule has 1 N–H and O–H groups in total. The summed E-state index contributed by atoms with van der Waals surface area (Å²) in [5.74, 6) is 0.185. The van der Waals surface area contributed by atoms with Crippen LogP contribution >= 0.6 is 11.6 Å². The van der Waals surface area contributed by atoms with Gasteiger partial charge in [-0.1, -0.05) is 29.3 Å². The predicted molar refractivity (Wildman–Crippen MR) is 118 cm³/mol. The molecular weight excluding hydrogens is 402 g/mol. The number of hydrogen-bond acceptors (Lipinski definition) is 4. The maximum absolute atomic E-state index is 13.0. The van der Waals surface area contributed by atoms with Gasteiger partial charge >= 0.3 is 0 Å². The summed E-state index contributed by atoms with van der Waals surface area (Å²) < 4.78 is 5.81. The van der Waals surface area contributed by atoms with Crippen LogP contribution in [0.25, 0.3) is 11.0 Å². The average molecular weight is 426 g/mol. The first-order chi connectivity index (χ1) is 14.4. The molecule has 0 radical (unpaired) electrons. The zero-order chi connectivity index (χ0) is 21.3. The van der Waals surface area contributed by atoms with Crippen LogP contribution in [0.3, 0.4) is 0 Å². The second-order valence-electron chi connectivity index (χ2n) is 7.68. The van der Waals surface area contributed by atoms with E-state index in [0.717, 1.165) is 22.2 Å². The molecular formula is C23H24ClN3O3. The van der Waals surface area contributed by atoms with Crippen LogP contribution in [0.15, 0.2) is 46.9 Å². The molecule has 2 heterocycles. The van der Waals surface area contributed by atoms with Crippen LogP contribution in [0, 0.1) is 13.8 Å². The molecule has 1 saturated heterocycles. The zero-order valence-corrected chi connectivity index (χ0v) is 17.8. The van der Waals surface area contributed by atoms with Crippen LogP contribution in [0.2, 0.25) is 5.02 Å². The minimum absolute atomic E-state index is 0.0522. The van der Waals surface area contributed by atoms with Crippen molar-refractivity contribution in [2.24, 2.45) is 0 Å². The van der Waals surface area contributed by atoms with E-state index in [9.17, 15) is 9.59 Å². The molecule has 2 aromatic carbocycles.